The predicted octanol–water partition coefficient (Wildman–Crippen LogP) is 0.507. The Morgan fingerprint density at radius 2 is 2.33 bits per heavy atom. The summed E-state index contributed by atoms with van der Waals surface area (Å²) in [6.07, 6.45) is 1.42. The number of hydrogen-bond acceptors (Lipinski definition) is 5. The van der Waals surface area contributed by atoms with E-state index in [4.69, 9.17) is 4.74 Å². The van der Waals surface area contributed by atoms with Crippen molar-refractivity contribution in [2.45, 2.75) is 13.0 Å². The van der Waals surface area contributed by atoms with E-state index >= 15 is 0 Å². The number of nitrogens with one attached hydrogen (secondary N) is 2. The van der Waals surface area contributed by atoms with Gasteiger partial charge in [-0.15, -0.1) is 0 Å². The van der Waals surface area contributed by atoms with Crippen LogP contribution in [0.5, 0.6) is 0 Å². The van der Waals surface area contributed by atoms with Crippen molar-refractivity contribution in [2.24, 2.45) is 0 Å². The van der Waals surface area contributed by atoms with E-state index in [2.05, 4.69) is 27.1 Å². The molecule has 1 atom stereocenters. The molecule has 1 aromatic heterocycles. The molecule has 0 radical (unpaired) electrons. The Bertz CT molecular complexity index is 445. The van der Waals surface area contributed by atoms with Gasteiger partial charge in [0.15, 0.2) is 0 Å². The average Bonchev–Trinajstić information content (AvgIpc) is 2.36. The fourth-order valence-electron chi connectivity index (χ4n) is 1.93. The molecule has 18 heavy (non-hydrogen) atoms. The van der Waals surface area contributed by atoms with Crippen molar-refractivity contribution < 1.29 is 4.74 Å². The summed E-state index contributed by atoms with van der Waals surface area (Å²) in [5.74, 6) is 0.653. The van der Waals surface area contributed by atoms with E-state index in [1.807, 2.05) is 22.6 Å². The van der Waals surface area contributed by atoms with Crippen molar-refractivity contribution >= 4 is 28.4 Å². The molecule has 1 saturated heterocycles. The van der Waals surface area contributed by atoms with Gasteiger partial charge >= 0.3 is 0 Å². The van der Waals surface area contributed by atoms with Crippen LogP contribution in [0.4, 0.5) is 5.82 Å². The van der Waals surface area contributed by atoms with Crippen molar-refractivity contribution in [1.82, 2.24) is 14.9 Å². The molecule has 0 spiro atoms. The summed E-state index contributed by atoms with van der Waals surface area (Å²) in [6, 6.07) is 0.242. The molecule has 1 aliphatic heterocycles. The maximum Gasteiger partial charge on any atom is 0.266 e. The molecule has 0 aromatic carbocycles. The third-order valence-corrected chi connectivity index (χ3v) is 3.82. The molecule has 2 rings (SSSR count). The minimum Gasteiger partial charge on any atom is -0.379 e. The average molecular weight is 364 g/mol. The molecule has 2 heterocycles. The summed E-state index contributed by atoms with van der Waals surface area (Å²) in [5.41, 5.74) is -0.105. The monoisotopic (exact) mass is 364 g/mol. The molecule has 0 aliphatic carbocycles. The molecule has 1 aromatic rings. The lowest BCUT2D eigenvalue weighted by molar-refractivity contribution is 0.0368. The zero-order chi connectivity index (χ0) is 13.0. The van der Waals surface area contributed by atoms with Gasteiger partial charge in [-0.05, 0) is 29.5 Å². The molecule has 7 heteroatoms. The smallest absolute Gasteiger partial charge is 0.266 e. The highest BCUT2D eigenvalue weighted by molar-refractivity contribution is 14.1. The lowest BCUT2D eigenvalue weighted by Gasteiger charge is -2.29. The van der Waals surface area contributed by atoms with Gasteiger partial charge in [0.05, 0.1) is 19.5 Å². The molecule has 100 valence electrons. The summed E-state index contributed by atoms with van der Waals surface area (Å²) >= 11 is 2.01. The third-order valence-electron chi connectivity index (χ3n) is 2.82. The minimum absolute atomic E-state index is 0.105. The first kappa shape index (κ1) is 13.8. The highest BCUT2D eigenvalue weighted by Crippen LogP contribution is 2.11. The SMILES string of the molecule is CC(CN1CCOCC1)Nc1nc[nH]c(=O)c1I. The van der Waals surface area contributed by atoms with Gasteiger partial charge in [-0.2, -0.15) is 0 Å². The second-order valence-corrected chi connectivity index (χ2v) is 5.43. The van der Waals surface area contributed by atoms with Crippen LogP contribution in [0.25, 0.3) is 0 Å². The second kappa shape index (κ2) is 6.48. The topological polar surface area (TPSA) is 70.2 Å². The lowest BCUT2D eigenvalue weighted by Crippen LogP contribution is -2.42. The molecule has 1 fully saturated rings. The van der Waals surface area contributed by atoms with Crippen molar-refractivity contribution in [1.29, 1.82) is 0 Å². The zero-order valence-electron chi connectivity index (χ0n) is 10.3. The van der Waals surface area contributed by atoms with E-state index in [1.165, 1.54) is 6.33 Å². The van der Waals surface area contributed by atoms with E-state index in [1.54, 1.807) is 0 Å². The van der Waals surface area contributed by atoms with Gasteiger partial charge in [0.2, 0.25) is 0 Å². The Balaban J connectivity index is 1.92. The number of hydrogen-bond donors (Lipinski definition) is 2. The maximum absolute atomic E-state index is 11.4. The van der Waals surface area contributed by atoms with Crippen LogP contribution >= 0.6 is 22.6 Å². The van der Waals surface area contributed by atoms with Crippen LogP contribution in [0, 0.1) is 3.57 Å². The normalized spacial score (nSPS) is 18.6. The molecular weight excluding hydrogens is 347 g/mol. The Morgan fingerprint density at radius 1 is 1.61 bits per heavy atom. The van der Waals surface area contributed by atoms with E-state index in [0.29, 0.717) is 9.39 Å². The van der Waals surface area contributed by atoms with E-state index in [0.717, 1.165) is 32.8 Å². The van der Waals surface area contributed by atoms with Crippen LogP contribution in [0.1, 0.15) is 6.92 Å². The number of aromatic nitrogens is 2. The van der Waals surface area contributed by atoms with Crippen LogP contribution in [-0.2, 0) is 4.74 Å². The van der Waals surface area contributed by atoms with Gasteiger partial charge in [-0.25, -0.2) is 4.98 Å². The number of ether oxygens (including phenoxy) is 1. The fourth-order valence-corrected chi connectivity index (χ4v) is 2.38. The van der Waals surface area contributed by atoms with Gasteiger partial charge < -0.3 is 15.0 Å². The fraction of sp³-hybridized carbons (Fsp3) is 0.636. The van der Waals surface area contributed by atoms with Gasteiger partial charge in [0.25, 0.3) is 5.56 Å². The zero-order valence-corrected chi connectivity index (χ0v) is 12.4. The molecule has 0 bridgehead atoms. The van der Waals surface area contributed by atoms with Crippen LogP contribution < -0.4 is 10.9 Å². The first-order chi connectivity index (χ1) is 8.66. The molecule has 2 N–H and O–H groups in total. The first-order valence-electron chi connectivity index (χ1n) is 5.96. The summed E-state index contributed by atoms with van der Waals surface area (Å²) < 4.78 is 5.91. The van der Waals surface area contributed by atoms with Gasteiger partial charge in [-0.1, -0.05) is 0 Å². The molecule has 0 amide bonds. The first-order valence-corrected chi connectivity index (χ1v) is 7.04. The Morgan fingerprint density at radius 3 is 3.06 bits per heavy atom. The molecule has 6 nitrogen and oxygen atoms in total. The van der Waals surface area contributed by atoms with Crippen molar-refractivity contribution in [2.75, 3.05) is 38.2 Å². The van der Waals surface area contributed by atoms with E-state index in [-0.39, 0.29) is 11.6 Å². The highest BCUT2D eigenvalue weighted by Gasteiger charge is 2.15. The molecule has 0 saturated carbocycles. The number of nitrogens with zero attached hydrogens (tertiary/aromatic N) is 2. The van der Waals surface area contributed by atoms with Crippen molar-refractivity contribution in [3.63, 3.8) is 0 Å². The number of anilines is 1. The highest BCUT2D eigenvalue weighted by atomic mass is 127. The molecule has 1 unspecified atom stereocenters. The Hall–Kier alpha value is -0.670. The number of halogens is 1. The summed E-state index contributed by atoms with van der Waals surface area (Å²) in [4.78, 5) is 20.5. The van der Waals surface area contributed by atoms with Gasteiger partial charge in [-0.3, -0.25) is 9.69 Å². The summed E-state index contributed by atoms with van der Waals surface area (Å²) in [6.45, 7) is 6.54. The van der Waals surface area contributed by atoms with E-state index < -0.39 is 0 Å². The standard InChI is InChI=1S/C11H17IN4O2/c1-8(6-16-2-4-18-5-3-16)15-10-9(12)11(17)14-7-13-10/h7-8H,2-6H2,1H3,(H2,13,14,15,17). The third kappa shape index (κ3) is 3.66. The summed E-state index contributed by atoms with van der Waals surface area (Å²) in [5, 5.41) is 3.28. The minimum atomic E-state index is -0.105. The lowest BCUT2D eigenvalue weighted by atomic mass is 10.3. The molecule has 1 aliphatic rings. The van der Waals surface area contributed by atoms with Crippen molar-refractivity contribution in [3.8, 4) is 0 Å². The van der Waals surface area contributed by atoms with Gasteiger partial charge in [0.1, 0.15) is 9.39 Å². The number of aromatic amines is 1. The number of rotatable bonds is 4. The van der Waals surface area contributed by atoms with Crippen LogP contribution in [0.3, 0.4) is 0 Å². The number of H-pyrrole nitrogens is 1. The largest absolute Gasteiger partial charge is 0.379 e. The van der Waals surface area contributed by atoms with E-state index in [9.17, 15) is 4.79 Å². The van der Waals surface area contributed by atoms with Gasteiger partial charge in [0, 0.05) is 25.7 Å². The Labute approximate surface area is 119 Å². The maximum atomic E-state index is 11.4. The number of morpholine rings is 1. The van der Waals surface area contributed by atoms with Crippen LogP contribution in [0.15, 0.2) is 11.1 Å². The van der Waals surface area contributed by atoms with Crippen LogP contribution in [-0.4, -0.2) is 53.8 Å². The quantitative estimate of drug-likeness (QED) is 0.762. The second-order valence-electron chi connectivity index (χ2n) is 4.35. The van der Waals surface area contributed by atoms with Crippen LogP contribution in [0.2, 0.25) is 0 Å². The Kier molecular flexibility index (Phi) is 4.95. The molecular formula is C11H17IN4O2. The van der Waals surface area contributed by atoms with Crippen molar-refractivity contribution in [3.05, 3.63) is 20.3 Å². The predicted molar refractivity (Wildman–Crippen MR) is 77.9 cm³/mol. The summed E-state index contributed by atoms with van der Waals surface area (Å²) in [7, 11) is 0.